The van der Waals surface area contributed by atoms with Gasteiger partial charge in [-0.3, -0.25) is 0 Å². The highest BCUT2D eigenvalue weighted by Gasteiger charge is 2.19. The van der Waals surface area contributed by atoms with E-state index < -0.39 is 0 Å². The topological polar surface area (TPSA) is 38.1 Å². The molecule has 23 heavy (non-hydrogen) atoms. The van der Waals surface area contributed by atoms with Crippen LogP contribution in [-0.4, -0.2) is 15.1 Å². The fraction of sp³-hybridized carbons (Fsp3) is 0.389. The highest BCUT2D eigenvalue weighted by molar-refractivity contribution is 7.78. The van der Waals surface area contributed by atoms with Crippen molar-refractivity contribution in [1.29, 1.82) is 0 Å². The molecule has 1 heterocycles. The van der Waals surface area contributed by atoms with Crippen molar-refractivity contribution in [3.05, 3.63) is 41.2 Å². The van der Waals surface area contributed by atoms with Gasteiger partial charge < -0.3 is 0 Å². The van der Waals surface area contributed by atoms with Gasteiger partial charge in [-0.2, -0.15) is 4.99 Å². The third kappa shape index (κ3) is 3.84. The molecule has 0 bridgehead atoms. The van der Waals surface area contributed by atoms with Crippen LogP contribution in [0.15, 0.2) is 35.5 Å². The Morgan fingerprint density at radius 3 is 2.48 bits per heavy atom. The average Bonchev–Trinajstić information content (AvgIpc) is 2.56. The quantitative estimate of drug-likeness (QED) is 0.520. The molecule has 0 atom stereocenters. The lowest BCUT2D eigenvalue weighted by Crippen LogP contribution is -2.10. The van der Waals surface area contributed by atoms with Crippen molar-refractivity contribution >= 4 is 34.8 Å². The zero-order chi connectivity index (χ0) is 16.2. The first-order valence-corrected chi connectivity index (χ1v) is 8.66. The molecular weight excluding hydrogens is 326 g/mol. The minimum absolute atomic E-state index is 0.329. The zero-order valence-electron chi connectivity index (χ0n) is 13.0. The number of thiocarbonyl (C=S) groups is 1. The summed E-state index contributed by atoms with van der Waals surface area (Å²) >= 11 is 10.8. The second-order valence-electron chi connectivity index (χ2n) is 6.15. The summed E-state index contributed by atoms with van der Waals surface area (Å²) in [5.74, 6) is 1.93. The second-order valence-corrected chi connectivity index (χ2v) is 6.69. The second kappa shape index (κ2) is 7.31. The number of hydrogen-bond acceptors (Lipinski definition) is 4. The first-order chi connectivity index (χ1) is 11.2. The maximum absolute atomic E-state index is 6.21. The summed E-state index contributed by atoms with van der Waals surface area (Å²) in [6.07, 6.45) is 6.77. The van der Waals surface area contributed by atoms with E-state index in [-0.39, 0.29) is 0 Å². The van der Waals surface area contributed by atoms with Gasteiger partial charge in [-0.25, -0.2) is 9.97 Å². The van der Waals surface area contributed by atoms with Gasteiger partial charge in [0.2, 0.25) is 0 Å². The van der Waals surface area contributed by atoms with Crippen molar-refractivity contribution in [3.63, 3.8) is 0 Å². The number of aromatic nitrogens is 2. The monoisotopic (exact) mass is 343 g/mol. The van der Waals surface area contributed by atoms with E-state index in [0.29, 0.717) is 22.6 Å². The van der Waals surface area contributed by atoms with Crippen LogP contribution in [0.25, 0.3) is 11.3 Å². The molecule has 0 N–H and O–H groups in total. The largest absolute Gasteiger partial charge is 0.249 e. The maximum Gasteiger partial charge on any atom is 0.182 e. The Morgan fingerprint density at radius 2 is 1.87 bits per heavy atom. The highest BCUT2D eigenvalue weighted by atomic mass is 35.5. The van der Waals surface area contributed by atoms with Crippen molar-refractivity contribution in [2.24, 2.45) is 10.9 Å². The standard InChI is InChI=1S/C18H18ClN3S/c1-12-2-4-13(5-3-12)14-6-8-15(9-7-14)17-18(19)22-16(10-20-17)21-11-23/h6-10,12-13H,2-5H2,1H3. The van der Waals surface area contributed by atoms with Gasteiger partial charge in [0.1, 0.15) is 5.69 Å². The summed E-state index contributed by atoms with van der Waals surface area (Å²) < 4.78 is 0. The minimum atomic E-state index is 0.329. The first-order valence-electron chi connectivity index (χ1n) is 7.88. The Kier molecular flexibility index (Phi) is 5.16. The van der Waals surface area contributed by atoms with E-state index in [1.807, 2.05) is 0 Å². The molecule has 1 aromatic heterocycles. The number of nitrogens with zero attached hydrogens (tertiary/aromatic N) is 3. The molecule has 3 rings (SSSR count). The van der Waals surface area contributed by atoms with E-state index in [1.54, 1.807) is 6.20 Å². The molecule has 1 aliphatic rings. The van der Waals surface area contributed by atoms with E-state index in [1.165, 1.54) is 31.2 Å². The Morgan fingerprint density at radius 1 is 1.17 bits per heavy atom. The summed E-state index contributed by atoms with van der Waals surface area (Å²) in [6, 6.07) is 8.53. The molecule has 1 saturated carbocycles. The Balaban J connectivity index is 1.81. The highest BCUT2D eigenvalue weighted by Crippen LogP contribution is 2.36. The average molecular weight is 344 g/mol. The summed E-state index contributed by atoms with van der Waals surface area (Å²) in [6.45, 7) is 2.34. The molecule has 0 radical (unpaired) electrons. The van der Waals surface area contributed by atoms with E-state index in [4.69, 9.17) is 11.6 Å². The van der Waals surface area contributed by atoms with Gasteiger partial charge in [-0.05, 0) is 42.5 Å². The van der Waals surface area contributed by atoms with Gasteiger partial charge >= 0.3 is 0 Å². The Bertz CT molecular complexity index is 730. The number of halogens is 1. The molecule has 1 fully saturated rings. The summed E-state index contributed by atoms with van der Waals surface area (Å²) in [7, 11) is 0. The minimum Gasteiger partial charge on any atom is -0.249 e. The fourth-order valence-corrected chi connectivity index (χ4v) is 3.50. The molecule has 118 valence electrons. The van der Waals surface area contributed by atoms with Crippen molar-refractivity contribution in [2.45, 2.75) is 38.5 Å². The van der Waals surface area contributed by atoms with Gasteiger partial charge in [-0.1, -0.05) is 55.6 Å². The van der Waals surface area contributed by atoms with E-state index in [9.17, 15) is 0 Å². The van der Waals surface area contributed by atoms with Gasteiger partial charge in [0.15, 0.2) is 11.0 Å². The van der Waals surface area contributed by atoms with E-state index in [0.717, 1.165) is 11.5 Å². The van der Waals surface area contributed by atoms with Gasteiger partial charge in [0, 0.05) is 5.56 Å². The SMILES string of the molecule is CC1CCC(c2ccc(-c3ncc(N=C=S)nc3Cl)cc2)CC1. The Hall–Kier alpha value is -1.61. The van der Waals surface area contributed by atoms with Gasteiger partial charge in [0.25, 0.3) is 0 Å². The zero-order valence-corrected chi connectivity index (χ0v) is 14.6. The van der Waals surface area contributed by atoms with Crippen LogP contribution in [-0.2, 0) is 0 Å². The summed E-state index contributed by atoms with van der Waals surface area (Å²) in [5, 5.41) is 2.59. The number of aliphatic imine (C=N–C) groups is 1. The predicted octanol–water partition coefficient (Wildman–Crippen LogP) is 5.83. The molecule has 0 spiro atoms. The molecule has 0 saturated heterocycles. The van der Waals surface area contributed by atoms with Crippen LogP contribution in [0.2, 0.25) is 5.15 Å². The van der Waals surface area contributed by atoms with Crippen LogP contribution in [0, 0.1) is 5.92 Å². The van der Waals surface area contributed by atoms with Crippen molar-refractivity contribution in [3.8, 4) is 11.3 Å². The lowest BCUT2D eigenvalue weighted by molar-refractivity contribution is 0.348. The molecule has 0 amide bonds. The van der Waals surface area contributed by atoms with Crippen molar-refractivity contribution < 1.29 is 0 Å². The van der Waals surface area contributed by atoms with Crippen LogP contribution >= 0.6 is 23.8 Å². The molecular formula is C18H18ClN3S. The number of benzene rings is 1. The lowest BCUT2D eigenvalue weighted by atomic mass is 9.79. The number of rotatable bonds is 3. The Labute approximate surface area is 146 Å². The molecule has 5 heteroatoms. The summed E-state index contributed by atoms with van der Waals surface area (Å²) in [4.78, 5) is 12.3. The van der Waals surface area contributed by atoms with Crippen molar-refractivity contribution in [2.75, 3.05) is 0 Å². The fourth-order valence-electron chi connectivity index (χ4n) is 3.16. The number of hydrogen-bond donors (Lipinski definition) is 0. The molecule has 2 aromatic rings. The number of isothiocyanates is 1. The van der Waals surface area contributed by atoms with Crippen LogP contribution in [0.1, 0.15) is 44.1 Å². The van der Waals surface area contributed by atoms with Crippen LogP contribution in [0.3, 0.4) is 0 Å². The maximum atomic E-state index is 6.21. The van der Waals surface area contributed by atoms with Gasteiger partial charge in [0.05, 0.1) is 11.4 Å². The predicted molar refractivity (Wildman–Crippen MR) is 97.5 cm³/mol. The van der Waals surface area contributed by atoms with Crippen LogP contribution in [0.5, 0.6) is 0 Å². The molecule has 3 nitrogen and oxygen atoms in total. The third-order valence-corrected chi connectivity index (χ3v) is 4.90. The normalized spacial score (nSPS) is 20.8. The summed E-state index contributed by atoms with van der Waals surface area (Å²) in [5.41, 5.74) is 3.04. The van der Waals surface area contributed by atoms with Crippen LogP contribution < -0.4 is 0 Å². The van der Waals surface area contributed by atoms with E-state index >= 15 is 0 Å². The third-order valence-electron chi connectivity index (χ3n) is 4.55. The lowest BCUT2D eigenvalue weighted by Gasteiger charge is -2.26. The molecule has 1 aromatic carbocycles. The molecule has 0 aliphatic heterocycles. The molecule has 1 aliphatic carbocycles. The smallest absolute Gasteiger partial charge is 0.182 e. The molecule has 0 unspecified atom stereocenters. The van der Waals surface area contributed by atoms with E-state index in [2.05, 4.69) is 63.5 Å². The van der Waals surface area contributed by atoms with Gasteiger partial charge in [-0.15, -0.1) is 0 Å². The first kappa shape index (κ1) is 16.3. The van der Waals surface area contributed by atoms with Crippen LogP contribution in [0.4, 0.5) is 5.82 Å². The van der Waals surface area contributed by atoms with Crippen molar-refractivity contribution in [1.82, 2.24) is 9.97 Å².